The molecular weight excluding hydrogens is 394 g/mol. The average molecular weight is 421 g/mol. The molecule has 2 rings (SSSR count). The summed E-state index contributed by atoms with van der Waals surface area (Å²) < 4.78 is 5.00. The molecule has 0 unspecified atom stereocenters. The van der Waals surface area contributed by atoms with E-state index in [1.165, 1.54) is 24.8 Å². The minimum Gasteiger partial charge on any atom is -0.496 e. The molecule has 0 fully saturated rings. The molecule has 0 aliphatic carbocycles. The van der Waals surface area contributed by atoms with Crippen LogP contribution in [-0.4, -0.2) is 24.2 Å². The van der Waals surface area contributed by atoms with Crippen LogP contribution in [0.2, 0.25) is 0 Å². The summed E-state index contributed by atoms with van der Waals surface area (Å²) in [6, 6.07) is 4.28. The van der Waals surface area contributed by atoms with E-state index in [1.807, 2.05) is 18.4 Å². The summed E-state index contributed by atoms with van der Waals surface area (Å²) in [6.45, 7) is 5.88. The number of benzene rings is 1. The van der Waals surface area contributed by atoms with E-state index in [-0.39, 0.29) is 23.7 Å². The highest BCUT2D eigenvalue weighted by molar-refractivity contribution is 5.94. The van der Waals surface area contributed by atoms with E-state index in [4.69, 9.17) is 4.74 Å². The quantitative estimate of drug-likeness (QED) is 0.298. The Kier molecular flexibility index (Phi) is 9.16. The van der Waals surface area contributed by atoms with Gasteiger partial charge in [-0.1, -0.05) is 56.4 Å². The van der Waals surface area contributed by atoms with Crippen LogP contribution in [0, 0.1) is 10.1 Å². The molecule has 0 spiro atoms. The zero-order valence-electron chi connectivity index (χ0n) is 17.8. The maximum Gasteiger partial charge on any atom is 0.296 e. The number of rotatable bonds is 10. The van der Waals surface area contributed by atoms with Crippen LogP contribution in [0.15, 0.2) is 83.1 Å². The molecule has 1 heterocycles. The van der Waals surface area contributed by atoms with Crippen molar-refractivity contribution in [3.05, 3.63) is 88.2 Å². The Hall–Kier alpha value is -3.74. The third kappa shape index (κ3) is 7.22. The second-order valence-electron chi connectivity index (χ2n) is 6.76. The molecule has 1 aromatic rings. The van der Waals surface area contributed by atoms with E-state index in [0.717, 1.165) is 30.5 Å². The number of amides is 1. The summed E-state index contributed by atoms with van der Waals surface area (Å²) in [5.74, 6) is -0.0228. The number of hydrogen-bond donors (Lipinski definition) is 1. The highest BCUT2D eigenvalue weighted by Crippen LogP contribution is 2.29. The van der Waals surface area contributed by atoms with Crippen LogP contribution in [-0.2, 0) is 4.79 Å². The third-order valence-electron chi connectivity index (χ3n) is 4.47. The molecule has 0 saturated heterocycles. The number of anilines is 1. The van der Waals surface area contributed by atoms with Gasteiger partial charge < -0.3 is 10.1 Å². The molecule has 0 bridgehead atoms. The van der Waals surface area contributed by atoms with Crippen molar-refractivity contribution < 1.29 is 14.5 Å². The Labute approximate surface area is 182 Å². The lowest BCUT2D eigenvalue weighted by atomic mass is 10.1. The van der Waals surface area contributed by atoms with Crippen LogP contribution in [0.4, 0.5) is 11.4 Å². The fraction of sp³-hybridized carbons (Fsp3) is 0.250. The Balaban J connectivity index is 2.06. The van der Waals surface area contributed by atoms with Gasteiger partial charge in [0.15, 0.2) is 0 Å². The number of nitro groups is 1. The normalized spacial score (nSPS) is 13.9. The highest BCUT2D eigenvalue weighted by Gasteiger charge is 2.16. The van der Waals surface area contributed by atoms with Crippen LogP contribution in [0.5, 0.6) is 5.75 Å². The van der Waals surface area contributed by atoms with Gasteiger partial charge in [-0.2, -0.15) is 0 Å². The van der Waals surface area contributed by atoms with Crippen molar-refractivity contribution in [1.82, 2.24) is 0 Å². The van der Waals surface area contributed by atoms with E-state index in [2.05, 4.69) is 29.9 Å². The van der Waals surface area contributed by atoms with Gasteiger partial charge in [-0.25, -0.2) is 0 Å². The zero-order chi connectivity index (χ0) is 22.6. The summed E-state index contributed by atoms with van der Waals surface area (Å²) in [5, 5.41) is 13.8. The predicted octanol–water partition coefficient (Wildman–Crippen LogP) is 5.69. The second-order valence-corrected chi connectivity index (χ2v) is 6.76. The molecule has 1 amide bonds. The molecule has 1 aliphatic heterocycles. The SMILES string of the molecule is C=C/C=C(\C=C/CC(=O)Nc1ccc(OC)cc1[N+](=O)[O-])C1=CCC=C(CCC)C=N1. The molecule has 0 saturated carbocycles. The molecule has 162 valence electrons. The van der Waals surface area contributed by atoms with Gasteiger partial charge in [-0.05, 0) is 36.1 Å². The largest absolute Gasteiger partial charge is 0.496 e. The van der Waals surface area contributed by atoms with Crippen molar-refractivity contribution in [3.8, 4) is 5.75 Å². The summed E-state index contributed by atoms with van der Waals surface area (Å²) in [7, 11) is 1.42. The minimum atomic E-state index is -0.559. The fourth-order valence-electron chi connectivity index (χ4n) is 2.97. The number of carbonyl (C=O) groups is 1. The first kappa shape index (κ1) is 23.5. The number of allylic oxidation sites excluding steroid dienone is 6. The summed E-state index contributed by atoms with van der Waals surface area (Å²) in [5.41, 5.74) is 2.75. The zero-order valence-corrected chi connectivity index (χ0v) is 17.8. The van der Waals surface area contributed by atoms with E-state index in [1.54, 1.807) is 24.3 Å². The first-order chi connectivity index (χ1) is 15.0. The van der Waals surface area contributed by atoms with Crippen molar-refractivity contribution in [2.24, 2.45) is 4.99 Å². The number of nitro benzene ring substituents is 1. The average Bonchev–Trinajstić information content (AvgIpc) is 2.99. The second kappa shape index (κ2) is 12.1. The van der Waals surface area contributed by atoms with Crippen molar-refractivity contribution in [1.29, 1.82) is 0 Å². The van der Waals surface area contributed by atoms with Gasteiger partial charge in [-0.3, -0.25) is 19.9 Å². The molecule has 0 atom stereocenters. The van der Waals surface area contributed by atoms with Crippen LogP contribution in [0.3, 0.4) is 0 Å². The lowest BCUT2D eigenvalue weighted by Crippen LogP contribution is -2.11. The van der Waals surface area contributed by atoms with Crippen LogP contribution in [0.1, 0.15) is 32.6 Å². The predicted molar refractivity (Wildman–Crippen MR) is 124 cm³/mol. The monoisotopic (exact) mass is 421 g/mol. The van der Waals surface area contributed by atoms with Crippen LogP contribution >= 0.6 is 0 Å². The van der Waals surface area contributed by atoms with Gasteiger partial charge in [0.05, 0.1) is 23.8 Å². The molecule has 0 aromatic heterocycles. The summed E-state index contributed by atoms with van der Waals surface area (Å²) in [4.78, 5) is 27.6. The molecule has 1 aromatic carbocycles. The highest BCUT2D eigenvalue weighted by atomic mass is 16.6. The molecule has 7 heteroatoms. The van der Waals surface area contributed by atoms with Gasteiger partial charge in [0.2, 0.25) is 5.91 Å². The Morgan fingerprint density at radius 1 is 1.39 bits per heavy atom. The smallest absolute Gasteiger partial charge is 0.296 e. The van der Waals surface area contributed by atoms with Gasteiger partial charge in [0.1, 0.15) is 11.4 Å². The number of aliphatic imine (C=N–C) groups is 1. The number of ether oxygens (including phenoxy) is 1. The number of methoxy groups -OCH3 is 1. The summed E-state index contributed by atoms with van der Waals surface area (Å²) in [6.07, 6.45) is 15.9. The Morgan fingerprint density at radius 2 is 2.19 bits per heavy atom. The molecule has 7 nitrogen and oxygen atoms in total. The fourth-order valence-corrected chi connectivity index (χ4v) is 2.97. The first-order valence-electron chi connectivity index (χ1n) is 10.0. The van der Waals surface area contributed by atoms with Crippen molar-refractivity contribution in [2.45, 2.75) is 32.6 Å². The van der Waals surface area contributed by atoms with Crippen LogP contribution < -0.4 is 10.1 Å². The molecule has 0 radical (unpaired) electrons. The number of hydrogen-bond acceptors (Lipinski definition) is 5. The molecule has 1 N–H and O–H groups in total. The maximum absolute atomic E-state index is 12.3. The van der Waals surface area contributed by atoms with Gasteiger partial charge >= 0.3 is 0 Å². The minimum absolute atomic E-state index is 0.0496. The van der Waals surface area contributed by atoms with E-state index < -0.39 is 4.92 Å². The Morgan fingerprint density at radius 3 is 2.87 bits per heavy atom. The van der Waals surface area contributed by atoms with E-state index >= 15 is 0 Å². The number of nitrogens with one attached hydrogen (secondary N) is 1. The van der Waals surface area contributed by atoms with Crippen molar-refractivity contribution in [3.63, 3.8) is 0 Å². The lowest BCUT2D eigenvalue weighted by Gasteiger charge is -2.07. The third-order valence-corrected chi connectivity index (χ3v) is 4.47. The van der Waals surface area contributed by atoms with Gasteiger partial charge in [-0.15, -0.1) is 0 Å². The standard InChI is InChI=1S/C24H27N3O4/c1-4-8-18-10-6-12-21(25-17-18)19(9-5-2)11-7-13-24(28)26-22-15-14-20(31-3)16-23(22)27(29)30/h5,7,9-12,14-17H,2,4,6,8,13H2,1,3H3,(H,26,28)/b11-7-,19-9+. The lowest BCUT2D eigenvalue weighted by molar-refractivity contribution is -0.384. The van der Waals surface area contributed by atoms with Gasteiger partial charge in [0.25, 0.3) is 5.69 Å². The number of carbonyl (C=O) groups excluding carboxylic acids is 1. The topological polar surface area (TPSA) is 93.8 Å². The number of nitrogens with zero attached hydrogens (tertiary/aromatic N) is 2. The summed E-state index contributed by atoms with van der Waals surface area (Å²) >= 11 is 0. The maximum atomic E-state index is 12.3. The first-order valence-corrected chi connectivity index (χ1v) is 10.0. The van der Waals surface area contributed by atoms with Gasteiger partial charge in [0, 0.05) is 12.6 Å². The Bertz CT molecular complexity index is 985. The molecular formula is C24H27N3O4. The van der Waals surface area contributed by atoms with E-state index in [0.29, 0.717) is 5.75 Å². The van der Waals surface area contributed by atoms with E-state index in [9.17, 15) is 14.9 Å². The molecule has 1 aliphatic rings. The molecule has 31 heavy (non-hydrogen) atoms. The van der Waals surface area contributed by atoms with Crippen LogP contribution in [0.25, 0.3) is 0 Å². The van der Waals surface area contributed by atoms with Crippen molar-refractivity contribution in [2.75, 3.05) is 12.4 Å². The van der Waals surface area contributed by atoms with Crippen molar-refractivity contribution >= 4 is 23.5 Å².